The Labute approximate surface area is 115 Å². The first-order valence-electron chi connectivity index (χ1n) is 7.50. The number of nitrogens with one attached hydrogen (secondary N) is 1. The van der Waals surface area contributed by atoms with Gasteiger partial charge in [0.1, 0.15) is 0 Å². The summed E-state index contributed by atoms with van der Waals surface area (Å²) in [6.45, 7) is 2.19. The van der Waals surface area contributed by atoms with E-state index < -0.39 is 5.97 Å². The van der Waals surface area contributed by atoms with Crippen molar-refractivity contribution in [1.29, 1.82) is 0 Å². The number of hydrogen-bond acceptors (Lipinski definition) is 2. The van der Waals surface area contributed by atoms with E-state index in [0.29, 0.717) is 18.4 Å². The first-order chi connectivity index (χ1) is 8.99. The van der Waals surface area contributed by atoms with Crippen molar-refractivity contribution in [2.75, 3.05) is 0 Å². The molecule has 0 bridgehead atoms. The van der Waals surface area contributed by atoms with Crippen LogP contribution in [0.3, 0.4) is 0 Å². The molecule has 0 spiro atoms. The largest absolute Gasteiger partial charge is 0.481 e. The Kier molecular flexibility index (Phi) is 4.48. The Morgan fingerprint density at radius 3 is 2.32 bits per heavy atom. The van der Waals surface area contributed by atoms with E-state index in [9.17, 15) is 9.59 Å². The second-order valence-electron chi connectivity index (χ2n) is 6.65. The fourth-order valence-electron chi connectivity index (χ4n) is 3.68. The predicted octanol–water partition coefficient (Wildman–Crippen LogP) is 2.72. The van der Waals surface area contributed by atoms with Crippen LogP contribution in [0, 0.1) is 11.3 Å². The highest BCUT2D eigenvalue weighted by Crippen LogP contribution is 2.42. The van der Waals surface area contributed by atoms with Crippen LogP contribution in [-0.4, -0.2) is 23.0 Å². The van der Waals surface area contributed by atoms with Crippen molar-refractivity contribution < 1.29 is 14.7 Å². The van der Waals surface area contributed by atoms with Crippen molar-refractivity contribution in [3.63, 3.8) is 0 Å². The van der Waals surface area contributed by atoms with Gasteiger partial charge in [0.05, 0.1) is 6.42 Å². The van der Waals surface area contributed by atoms with E-state index in [-0.39, 0.29) is 17.7 Å². The number of carbonyl (C=O) groups excluding carboxylic acids is 1. The Bertz CT molecular complexity index is 341. The third kappa shape index (κ3) is 3.95. The topological polar surface area (TPSA) is 66.4 Å². The quantitative estimate of drug-likeness (QED) is 0.805. The lowest BCUT2D eigenvalue weighted by molar-refractivity contribution is -0.141. The lowest BCUT2D eigenvalue weighted by atomic mass is 9.69. The molecule has 0 atom stereocenters. The zero-order chi connectivity index (χ0) is 13.9. The Morgan fingerprint density at radius 2 is 1.79 bits per heavy atom. The molecule has 0 saturated heterocycles. The van der Waals surface area contributed by atoms with Crippen molar-refractivity contribution >= 4 is 11.9 Å². The maximum Gasteiger partial charge on any atom is 0.303 e. The summed E-state index contributed by atoms with van der Waals surface area (Å²) in [5.74, 6) is -0.0000215. The minimum absolute atomic E-state index is 0.0556. The van der Waals surface area contributed by atoms with E-state index in [4.69, 9.17) is 5.11 Å². The summed E-state index contributed by atoms with van der Waals surface area (Å²) in [4.78, 5) is 23.2. The number of aliphatic carboxylic acids is 1. The summed E-state index contributed by atoms with van der Waals surface area (Å²) in [7, 11) is 0. The van der Waals surface area contributed by atoms with E-state index in [2.05, 4.69) is 12.2 Å². The molecule has 19 heavy (non-hydrogen) atoms. The predicted molar refractivity (Wildman–Crippen MR) is 72.7 cm³/mol. The van der Waals surface area contributed by atoms with Gasteiger partial charge in [0.2, 0.25) is 5.91 Å². The van der Waals surface area contributed by atoms with Gasteiger partial charge in [0.25, 0.3) is 0 Å². The molecule has 0 aliphatic heterocycles. The van der Waals surface area contributed by atoms with E-state index in [1.54, 1.807) is 0 Å². The van der Waals surface area contributed by atoms with Crippen LogP contribution in [0.4, 0.5) is 0 Å². The summed E-state index contributed by atoms with van der Waals surface area (Å²) in [5.41, 5.74) is -0.288. The average molecular weight is 267 g/mol. The molecule has 2 aliphatic rings. The van der Waals surface area contributed by atoms with Crippen molar-refractivity contribution in [2.45, 2.75) is 70.8 Å². The maximum atomic E-state index is 12.1. The molecule has 0 aromatic carbocycles. The molecule has 4 nitrogen and oxygen atoms in total. The van der Waals surface area contributed by atoms with Gasteiger partial charge in [-0.1, -0.05) is 26.2 Å². The third-order valence-corrected chi connectivity index (χ3v) is 4.71. The number of rotatable bonds is 5. The summed E-state index contributed by atoms with van der Waals surface area (Å²) < 4.78 is 0. The molecule has 2 fully saturated rings. The van der Waals surface area contributed by atoms with Gasteiger partial charge in [-0.25, -0.2) is 0 Å². The molecule has 0 heterocycles. The number of amides is 1. The fraction of sp³-hybridized carbons (Fsp3) is 0.867. The molecule has 2 aliphatic carbocycles. The smallest absolute Gasteiger partial charge is 0.303 e. The Morgan fingerprint density at radius 1 is 1.16 bits per heavy atom. The van der Waals surface area contributed by atoms with Gasteiger partial charge >= 0.3 is 5.97 Å². The molecular weight excluding hydrogens is 242 g/mol. The Balaban J connectivity index is 1.87. The van der Waals surface area contributed by atoms with Gasteiger partial charge in [-0.3, -0.25) is 9.59 Å². The summed E-state index contributed by atoms with van der Waals surface area (Å²) in [6, 6.07) is 0.327. The molecule has 0 unspecified atom stereocenters. The van der Waals surface area contributed by atoms with Gasteiger partial charge in [-0.15, -0.1) is 0 Å². The van der Waals surface area contributed by atoms with Crippen molar-refractivity contribution in [3.8, 4) is 0 Å². The summed E-state index contributed by atoms with van der Waals surface area (Å²) in [5, 5.41) is 12.1. The lowest BCUT2D eigenvalue weighted by Gasteiger charge is -2.38. The van der Waals surface area contributed by atoms with Crippen LogP contribution in [0.1, 0.15) is 64.7 Å². The van der Waals surface area contributed by atoms with Gasteiger partial charge in [0.15, 0.2) is 0 Å². The second kappa shape index (κ2) is 5.93. The number of carbonyl (C=O) groups is 2. The summed E-state index contributed by atoms with van der Waals surface area (Å²) in [6.07, 6.45) is 7.72. The molecule has 0 radical (unpaired) electrons. The van der Waals surface area contributed by atoms with E-state index >= 15 is 0 Å². The molecule has 1 amide bonds. The maximum absolute atomic E-state index is 12.1. The van der Waals surface area contributed by atoms with E-state index in [1.807, 2.05) is 0 Å². The second-order valence-corrected chi connectivity index (χ2v) is 6.65. The molecular formula is C15H25NO3. The van der Waals surface area contributed by atoms with E-state index in [0.717, 1.165) is 38.5 Å². The molecule has 0 aromatic rings. The highest BCUT2D eigenvalue weighted by Gasteiger charge is 2.37. The molecule has 2 N–H and O–H groups in total. The van der Waals surface area contributed by atoms with Crippen LogP contribution in [0.2, 0.25) is 0 Å². The van der Waals surface area contributed by atoms with Crippen LogP contribution >= 0.6 is 0 Å². The standard InChI is InChI=1S/C15H25NO3/c1-11-7-12(8-11)16-13(17)9-15(10-14(18)19)5-3-2-4-6-15/h11-12H,2-10H2,1H3,(H,16,17)(H,18,19). The zero-order valence-corrected chi connectivity index (χ0v) is 11.8. The number of carboxylic acids is 1. The van der Waals surface area contributed by atoms with Crippen molar-refractivity contribution in [1.82, 2.24) is 5.32 Å². The van der Waals surface area contributed by atoms with Crippen molar-refractivity contribution in [2.24, 2.45) is 11.3 Å². The first-order valence-corrected chi connectivity index (χ1v) is 7.50. The average Bonchev–Trinajstić information content (AvgIpc) is 2.26. The van der Waals surface area contributed by atoms with Crippen LogP contribution in [0.5, 0.6) is 0 Å². The highest BCUT2D eigenvalue weighted by atomic mass is 16.4. The lowest BCUT2D eigenvalue weighted by Crippen LogP contribution is -2.45. The van der Waals surface area contributed by atoms with Crippen LogP contribution in [0.25, 0.3) is 0 Å². The van der Waals surface area contributed by atoms with Crippen LogP contribution in [-0.2, 0) is 9.59 Å². The molecule has 2 rings (SSSR count). The third-order valence-electron chi connectivity index (χ3n) is 4.71. The Hall–Kier alpha value is -1.06. The van der Waals surface area contributed by atoms with Gasteiger partial charge in [-0.2, -0.15) is 0 Å². The van der Waals surface area contributed by atoms with Crippen molar-refractivity contribution in [3.05, 3.63) is 0 Å². The minimum Gasteiger partial charge on any atom is -0.481 e. The van der Waals surface area contributed by atoms with Crippen LogP contribution in [0.15, 0.2) is 0 Å². The number of carboxylic acid groups (broad SMARTS) is 1. The minimum atomic E-state index is -0.771. The summed E-state index contributed by atoms with van der Waals surface area (Å²) >= 11 is 0. The van der Waals surface area contributed by atoms with E-state index in [1.165, 1.54) is 6.42 Å². The first kappa shape index (κ1) is 14.4. The van der Waals surface area contributed by atoms with Gasteiger partial charge < -0.3 is 10.4 Å². The molecule has 4 heteroatoms. The number of hydrogen-bond donors (Lipinski definition) is 2. The monoisotopic (exact) mass is 267 g/mol. The highest BCUT2D eigenvalue weighted by molar-refractivity contribution is 5.78. The van der Waals surface area contributed by atoms with Crippen LogP contribution < -0.4 is 5.32 Å². The van der Waals surface area contributed by atoms with Gasteiger partial charge in [-0.05, 0) is 37.0 Å². The molecule has 0 aromatic heterocycles. The van der Waals surface area contributed by atoms with Gasteiger partial charge in [0, 0.05) is 12.5 Å². The molecule has 2 saturated carbocycles. The SMILES string of the molecule is CC1CC(NC(=O)CC2(CC(=O)O)CCCCC2)C1. The zero-order valence-electron chi connectivity index (χ0n) is 11.8. The normalized spacial score (nSPS) is 29.3. The fourth-order valence-corrected chi connectivity index (χ4v) is 3.68. The molecule has 108 valence electrons.